The fourth-order valence-electron chi connectivity index (χ4n) is 1.31. The lowest BCUT2D eigenvalue weighted by Crippen LogP contribution is -2.22. The van der Waals surface area contributed by atoms with E-state index in [1.807, 2.05) is 16.8 Å². The second kappa shape index (κ2) is 7.87. The van der Waals surface area contributed by atoms with Crippen LogP contribution in [0.15, 0.2) is 21.9 Å². The number of rotatable bonds is 7. The fraction of sp³-hybridized carbons (Fsp3) is 0.538. The second-order valence-electron chi connectivity index (χ2n) is 4.28. The van der Waals surface area contributed by atoms with Gasteiger partial charge in [-0.3, -0.25) is 0 Å². The smallest absolute Gasteiger partial charge is 0.359 e. The molecule has 0 atom stereocenters. The Morgan fingerprint density at radius 3 is 2.89 bits per heavy atom. The van der Waals surface area contributed by atoms with E-state index in [1.54, 1.807) is 6.92 Å². The van der Waals surface area contributed by atoms with Crippen molar-refractivity contribution in [2.24, 2.45) is 11.0 Å². The normalized spacial score (nSPS) is 11.7. The van der Waals surface area contributed by atoms with Gasteiger partial charge in [-0.2, -0.15) is 16.4 Å². The SMILES string of the molecule is CCOC(=O)/C(=N\NCCC(C)C)c1ccsc1. The molecule has 0 spiro atoms. The standard InChI is InChI=1S/C13H20N2O2S/c1-4-17-13(16)12(11-6-8-18-9-11)15-14-7-5-10(2)3/h6,8-10,14H,4-5,7H2,1-3H3/b15-12-. The predicted molar refractivity (Wildman–Crippen MR) is 74.9 cm³/mol. The number of ether oxygens (including phenoxy) is 1. The molecule has 0 aliphatic carbocycles. The Kier molecular flexibility index (Phi) is 6.43. The molecular weight excluding hydrogens is 248 g/mol. The highest BCUT2D eigenvalue weighted by Crippen LogP contribution is 2.08. The molecule has 0 radical (unpaired) electrons. The third-order valence-corrected chi connectivity index (χ3v) is 2.97. The highest BCUT2D eigenvalue weighted by atomic mass is 32.1. The highest BCUT2D eigenvalue weighted by Gasteiger charge is 2.15. The minimum absolute atomic E-state index is 0.349. The first-order valence-electron chi connectivity index (χ1n) is 6.15. The number of nitrogens with zero attached hydrogens (tertiary/aromatic N) is 1. The van der Waals surface area contributed by atoms with E-state index in [0.717, 1.165) is 18.5 Å². The van der Waals surface area contributed by atoms with E-state index in [1.165, 1.54) is 11.3 Å². The molecule has 1 aromatic heterocycles. The van der Waals surface area contributed by atoms with Gasteiger partial charge in [-0.25, -0.2) is 4.79 Å². The third kappa shape index (κ3) is 4.87. The summed E-state index contributed by atoms with van der Waals surface area (Å²) in [6, 6.07) is 1.87. The Labute approximate surface area is 112 Å². The molecule has 18 heavy (non-hydrogen) atoms. The lowest BCUT2D eigenvalue weighted by atomic mass is 10.1. The van der Waals surface area contributed by atoms with Gasteiger partial charge in [0.2, 0.25) is 0 Å². The van der Waals surface area contributed by atoms with Crippen LogP contribution in [0.3, 0.4) is 0 Å². The van der Waals surface area contributed by atoms with Crippen molar-refractivity contribution in [3.63, 3.8) is 0 Å². The third-order valence-electron chi connectivity index (χ3n) is 2.29. The topological polar surface area (TPSA) is 50.7 Å². The summed E-state index contributed by atoms with van der Waals surface area (Å²) in [6.07, 6.45) is 1.02. The maximum absolute atomic E-state index is 11.8. The van der Waals surface area contributed by atoms with Crippen LogP contribution < -0.4 is 5.43 Å². The second-order valence-corrected chi connectivity index (χ2v) is 5.06. The van der Waals surface area contributed by atoms with E-state index in [4.69, 9.17) is 4.74 Å². The molecule has 1 aromatic rings. The summed E-state index contributed by atoms with van der Waals surface area (Å²) in [5.74, 6) is 0.229. The van der Waals surface area contributed by atoms with Crippen molar-refractivity contribution in [1.29, 1.82) is 0 Å². The minimum Gasteiger partial charge on any atom is -0.461 e. The van der Waals surface area contributed by atoms with E-state index < -0.39 is 0 Å². The van der Waals surface area contributed by atoms with E-state index in [2.05, 4.69) is 24.4 Å². The molecule has 1 heterocycles. The number of nitrogens with one attached hydrogen (secondary N) is 1. The molecule has 1 rings (SSSR count). The van der Waals surface area contributed by atoms with Crippen LogP contribution in [0.25, 0.3) is 0 Å². The van der Waals surface area contributed by atoms with Crippen LogP contribution in [0, 0.1) is 5.92 Å². The number of carbonyl (C=O) groups is 1. The number of carbonyl (C=O) groups excluding carboxylic acids is 1. The van der Waals surface area contributed by atoms with E-state index in [9.17, 15) is 4.79 Å². The van der Waals surface area contributed by atoms with Gasteiger partial charge >= 0.3 is 5.97 Å². The quantitative estimate of drug-likeness (QED) is 0.358. The maximum Gasteiger partial charge on any atom is 0.359 e. The monoisotopic (exact) mass is 268 g/mol. The molecular formula is C13H20N2O2S. The van der Waals surface area contributed by atoms with Gasteiger partial charge in [0, 0.05) is 17.5 Å². The number of hydrogen-bond acceptors (Lipinski definition) is 5. The number of thiophene rings is 1. The molecule has 0 fully saturated rings. The van der Waals surface area contributed by atoms with Gasteiger partial charge in [-0.05, 0) is 30.7 Å². The van der Waals surface area contributed by atoms with Crippen molar-refractivity contribution in [3.8, 4) is 0 Å². The first kappa shape index (κ1) is 14.7. The Hall–Kier alpha value is -1.36. The lowest BCUT2D eigenvalue weighted by molar-refractivity contribution is -0.134. The van der Waals surface area contributed by atoms with E-state index in [0.29, 0.717) is 18.2 Å². The number of hydrazone groups is 1. The zero-order chi connectivity index (χ0) is 13.4. The molecule has 0 saturated heterocycles. The molecule has 0 saturated carbocycles. The largest absolute Gasteiger partial charge is 0.461 e. The molecule has 0 aliphatic rings. The van der Waals surface area contributed by atoms with Crippen molar-refractivity contribution >= 4 is 23.0 Å². The van der Waals surface area contributed by atoms with E-state index >= 15 is 0 Å². The summed E-state index contributed by atoms with van der Waals surface area (Å²) in [5, 5.41) is 7.96. The Balaban J connectivity index is 2.66. The van der Waals surface area contributed by atoms with Gasteiger partial charge < -0.3 is 10.2 Å². The van der Waals surface area contributed by atoms with Crippen LogP contribution in [0.1, 0.15) is 32.8 Å². The van der Waals surface area contributed by atoms with Gasteiger partial charge in [0.1, 0.15) is 0 Å². The average Bonchev–Trinajstić information content (AvgIpc) is 2.82. The maximum atomic E-state index is 11.8. The van der Waals surface area contributed by atoms with Gasteiger partial charge in [0.25, 0.3) is 0 Å². The summed E-state index contributed by atoms with van der Waals surface area (Å²) in [7, 11) is 0. The van der Waals surface area contributed by atoms with E-state index in [-0.39, 0.29) is 5.97 Å². The van der Waals surface area contributed by atoms with Gasteiger partial charge in [0.05, 0.1) is 6.61 Å². The van der Waals surface area contributed by atoms with Gasteiger partial charge in [-0.15, -0.1) is 0 Å². The Bertz CT molecular complexity index is 386. The molecule has 4 nitrogen and oxygen atoms in total. The van der Waals surface area contributed by atoms with Crippen molar-refractivity contribution in [1.82, 2.24) is 5.43 Å². The summed E-state index contributed by atoms with van der Waals surface area (Å²) >= 11 is 1.53. The fourth-order valence-corrected chi connectivity index (χ4v) is 1.96. The molecule has 0 amide bonds. The zero-order valence-electron chi connectivity index (χ0n) is 11.1. The summed E-state index contributed by atoms with van der Waals surface area (Å²) in [6.45, 7) is 7.20. The molecule has 0 bridgehead atoms. The number of hydrogen-bond donors (Lipinski definition) is 1. The summed E-state index contributed by atoms with van der Waals surface area (Å²) < 4.78 is 5.00. The van der Waals surface area contributed by atoms with Crippen molar-refractivity contribution in [2.75, 3.05) is 13.2 Å². The summed E-state index contributed by atoms with van der Waals surface area (Å²) in [4.78, 5) is 11.8. The van der Waals surface area contributed by atoms with Gasteiger partial charge in [0.15, 0.2) is 5.71 Å². The molecule has 1 N–H and O–H groups in total. The minimum atomic E-state index is -0.382. The summed E-state index contributed by atoms with van der Waals surface area (Å²) in [5.41, 5.74) is 4.09. The van der Waals surface area contributed by atoms with Gasteiger partial charge in [-0.1, -0.05) is 13.8 Å². The first-order valence-corrected chi connectivity index (χ1v) is 7.09. The molecule has 0 aliphatic heterocycles. The molecule has 100 valence electrons. The predicted octanol–water partition coefficient (Wildman–Crippen LogP) is 2.65. The van der Waals surface area contributed by atoms with Crippen molar-refractivity contribution in [3.05, 3.63) is 22.4 Å². The van der Waals surface area contributed by atoms with Crippen LogP contribution in [-0.2, 0) is 9.53 Å². The highest BCUT2D eigenvalue weighted by molar-refractivity contribution is 7.08. The molecule has 5 heteroatoms. The van der Waals surface area contributed by atoms with Crippen LogP contribution >= 0.6 is 11.3 Å². The van der Waals surface area contributed by atoms with Crippen LogP contribution in [-0.4, -0.2) is 24.8 Å². The van der Waals surface area contributed by atoms with Crippen LogP contribution in [0.2, 0.25) is 0 Å². The Morgan fingerprint density at radius 2 is 2.33 bits per heavy atom. The molecule has 0 unspecified atom stereocenters. The van der Waals surface area contributed by atoms with Crippen LogP contribution in [0.5, 0.6) is 0 Å². The lowest BCUT2D eigenvalue weighted by Gasteiger charge is -2.07. The van der Waals surface area contributed by atoms with Crippen molar-refractivity contribution in [2.45, 2.75) is 27.2 Å². The Morgan fingerprint density at radius 1 is 1.56 bits per heavy atom. The molecule has 0 aromatic carbocycles. The average molecular weight is 268 g/mol. The van der Waals surface area contributed by atoms with Crippen LogP contribution in [0.4, 0.5) is 0 Å². The first-order chi connectivity index (χ1) is 8.65. The van der Waals surface area contributed by atoms with Crippen molar-refractivity contribution < 1.29 is 9.53 Å². The number of esters is 1. The zero-order valence-corrected chi connectivity index (χ0v) is 11.9.